The van der Waals surface area contributed by atoms with Crippen LogP contribution in [0.3, 0.4) is 0 Å². The van der Waals surface area contributed by atoms with Crippen molar-refractivity contribution >= 4 is 23.6 Å². The second-order valence-electron chi connectivity index (χ2n) is 11.3. The fourth-order valence-corrected chi connectivity index (χ4v) is 4.07. The first-order chi connectivity index (χ1) is 17.1. The molecule has 2 unspecified atom stereocenters. The molecule has 0 aliphatic carbocycles. The van der Waals surface area contributed by atoms with Gasteiger partial charge >= 0.3 is 6.09 Å². The summed E-state index contributed by atoms with van der Waals surface area (Å²) in [6.45, 7) is 18.6. The van der Waals surface area contributed by atoms with Gasteiger partial charge < -0.3 is 20.3 Å². The first-order valence-corrected chi connectivity index (χ1v) is 12.8. The number of hydrogen-bond donors (Lipinski definition) is 2. The second-order valence-corrected chi connectivity index (χ2v) is 11.3. The number of benzene rings is 2. The van der Waals surface area contributed by atoms with Crippen LogP contribution in [0.5, 0.6) is 0 Å². The van der Waals surface area contributed by atoms with E-state index in [1.807, 2.05) is 84.0 Å². The third-order valence-electron chi connectivity index (χ3n) is 6.49. The number of nitrogens with zero attached hydrogens (tertiary/aromatic N) is 1. The highest BCUT2D eigenvalue weighted by atomic mass is 16.6. The summed E-state index contributed by atoms with van der Waals surface area (Å²) in [6.07, 6.45) is -0.0915. The number of para-hydroxylation sites is 1. The van der Waals surface area contributed by atoms with Gasteiger partial charge in [-0.05, 0) is 85.4 Å². The maximum absolute atomic E-state index is 14.0. The lowest BCUT2D eigenvalue weighted by Gasteiger charge is -2.44. The summed E-state index contributed by atoms with van der Waals surface area (Å²) in [4.78, 5) is 42.1. The number of amides is 3. The normalized spacial score (nSPS) is 13.4. The lowest BCUT2D eigenvalue weighted by atomic mass is 9.91. The largest absolute Gasteiger partial charge is 0.444 e. The number of alkyl carbamates (subject to hydrolysis) is 1. The van der Waals surface area contributed by atoms with Crippen LogP contribution < -0.4 is 10.6 Å². The minimum absolute atomic E-state index is 0.319. The molecule has 0 spiro atoms. The molecule has 0 aromatic heterocycles. The molecule has 0 fully saturated rings. The van der Waals surface area contributed by atoms with E-state index < -0.39 is 29.3 Å². The Morgan fingerprint density at radius 1 is 0.919 bits per heavy atom. The summed E-state index contributed by atoms with van der Waals surface area (Å²) in [5.41, 5.74) is 2.93. The number of carbonyl (C=O) groups excluding carboxylic acids is 3. The minimum atomic E-state index is -0.926. The van der Waals surface area contributed by atoms with Gasteiger partial charge in [0.15, 0.2) is 0 Å². The fourth-order valence-electron chi connectivity index (χ4n) is 4.07. The van der Waals surface area contributed by atoms with Gasteiger partial charge in [0.25, 0.3) is 5.91 Å². The van der Waals surface area contributed by atoms with Crippen LogP contribution in [0.1, 0.15) is 83.2 Å². The van der Waals surface area contributed by atoms with E-state index in [9.17, 15) is 14.4 Å². The molecule has 202 valence electrons. The van der Waals surface area contributed by atoms with Gasteiger partial charge in [0.2, 0.25) is 5.91 Å². The number of aryl methyl sites for hydroxylation is 3. The molecule has 0 saturated heterocycles. The van der Waals surface area contributed by atoms with Gasteiger partial charge in [-0.3, -0.25) is 9.59 Å². The predicted octanol–water partition coefficient (Wildman–Crippen LogP) is 6.22. The molecule has 2 aromatic carbocycles. The number of carbonyl (C=O) groups is 3. The third kappa shape index (κ3) is 7.81. The number of ether oxygens (including phenoxy) is 1. The van der Waals surface area contributed by atoms with Crippen LogP contribution in [0.4, 0.5) is 10.5 Å². The molecule has 2 aromatic rings. The molecule has 0 aliphatic heterocycles. The van der Waals surface area contributed by atoms with Gasteiger partial charge in [0, 0.05) is 11.2 Å². The van der Waals surface area contributed by atoms with Crippen LogP contribution in [0.2, 0.25) is 0 Å². The van der Waals surface area contributed by atoms with E-state index in [1.54, 1.807) is 32.6 Å². The zero-order valence-electron chi connectivity index (χ0n) is 24.0. The molecular formula is C30H43N3O4. The van der Waals surface area contributed by atoms with Crippen LogP contribution in [0.25, 0.3) is 0 Å². The summed E-state index contributed by atoms with van der Waals surface area (Å²) in [6, 6.07) is 11.6. The van der Waals surface area contributed by atoms with Crippen LogP contribution in [0.15, 0.2) is 42.5 Å². The molecule has 3 amide bonds. The molecule has 7 heteroatoms. The van der Waals surface area contributed by atoms with Crippen molar-refractivity contribution in [2.45, 2.75) is 98.9 Å². The van der Waals surface area contributed by atoms with Gasteiger partial charge in [-0.25, -0.2) is 4.79 Å². The highest BCUT2D eigenvalue weighted by molar-refractivity contribution is 6.00. The van der Waals surface area contributed by atoms with Crippen molar-refractivity contribution in [2.24, 2.45) is 0 Å². The Kier molecular flexibility index (Phi) is 9.53. The topological polar surface area (TPSA) is 87.7 Å². The smallest absolute Gasteiger partial charge is 0.408 e. The average molecular weight is 510 g/mol. The number of rotatable bonds is 8. The SMILES string of the molecule is CCC(C)(C)N(C(=O)C(C)NC(=O)OC(C)(C)C)C(C(=O)Nc1c(C)cccc1C)c1ccc(C)cc1. The molecule has 0 radical (unpaired) electrons. The van der Waals surface area contributed by atoms with Crippen molar-refractivity contribution in [2.75, 3.05) is 5.32 Å². The Balaban J connectivity index is 2.57. The van der Waals surface area contributed by atoms with Gasteiger partial charge in [-0.15, -0.1) is 0 Å². The zero-order chi connectivity index (χ0) is 28.1. The van der Waals surface area contributed by atoms with E-state index in [2.05, 4.69) is 10.6 Å². The molecule has 0 heterocycles. The molecule has 0 bridgehead atoms. The number of nitrogens with one attached hydrogen (secondary N) is 2. The number of anilines is 1. The second kappa shape index (κ2) is 11.8. The third-order valence-corrected chi connectivity index (χ3v) is 6.49. The van der Waals surface area contributed by atoms with Crippen molar-refractivity contribution < 1.29 is 19.1 Å². The Hall–Kier alpha value is -3.35. The van der Waals surface area contributed by atoms with Crippen molar-refractivity contribution in [1.29, 1.82) is 0 Å². The predicted molar refractivity (Wildman–Crippen MR) is 149 cm³/mol. The van der Waals surface area contributed by atoms with Gasteiger partial charge in [-0.1, -0.05) is 55.0 Å². The molecule has 2 N–H and O–H groups in total. The van der Waals surface area contributed by atoms with E-state index in [-0.39, 0.29) is 11.8 Å². The highest BCUT2D eigenvalue weighted by Crippen LogP contribution is 2.34. The lowest BCUT2D eigenvalue weighted by Crippen LogP contribution is -2.58. The fraction of sp³-hybridized carbons (Fsp3) is 0.500. The summed E-state index contributed by atoms with van der Waals surface area (Å²) in [5, 5.41) is 5.74. The highest BCUT2D eigenvalue weighted by Gasteiger charge is 2.42. The van der Waals surface area contributed by atoms with E-state index in [1.165, 1.54) is 0 Å². The quantitative estimate of drug-likeness (QED) is 0.442. The summed E-state index contributed by atoms with van der Waals surface area (Å²) in [5.74, 6) is -0.694. The monoisotopic (exact) mass is 509 g/mol. The Morgan fingerprint density at radius 3 is 1.95 bits per heavy atom. The van der Waals surface area contributed by atoms with Gasteiger partial charge in [-0.2, -0.15) is 0 Å². The van der Waals surface area contributed by atoms with E-state index in [0.717, 1.165) is 22.4 Å². The molecular weight excluding hydrogens is 466 g/mol. The van der Waals surface area contributed by atoms with Crippen molar-refractivity contribution in [3.05, 3.63) is 64.7 Å². The lowest BCUT2D eigenvalue weighted by molar-refractivity contribution is -0.147. The van der Waals surface area contributed by atoms with Crippen LogP contribution in [-0.2, 0) is 14.3 Å². The van der Waals surface area contributed by atoms with Crippen LogP contribution in [-0.4, -0.2) is 40.0 Å². The van der Waals surface area contributed by atoms with E-state index in [4.69, 9.17) is 4.74 Å². The van der Waals surface area contributed by atoms with E-state index in [0.29, 0.717) is 12.0 Å². The molecule has 2 rings (SSSR count). The number of hydrogen-bond acceptors (Lipinski definition) is 4. The first-order valence-electron chi connectivity index (χ1n) is 12.8. The summed E-state index contributed by atoms with van der Waals surface area (Å²) >= 11 is 0. The Morgan fingerprint density at radius 2 is 1.46 bits per heavy atom. The first kappa shape index (κ1) is 29.9. The molecule has 37 heavy (non-hydrogen) atoms. The average Bonchev–Trinajstić information content (AvgIpc) is 2.78. The minimum Gasteiger partial charge on any atom is -0.444 e. The summed E-state index contributed by atoms with van der Waals surface area (Å²) in [7, 11) is 0. The molecule has 0 aliphatic rings. The van der Waals surface area contributed by atoms with Crippen molar-refractivity contribution in [3.8, 4) is 0 Å². The molecule has 0 saturated carbocycles. The van der Waals surface area contributed by atoms with Gasteiger partial charge in [0.1, 0.15) is 17.7 Å². The maximum Gasteiger partial charge on any atom is 0.408 e. The maximum atomic E-state index is 14.0. The van der Waals surface area contributed by atoms with Crippen LogP contribution >= 0.6 is 0 Å². The zero-order valence-corrected chi connectivity index (χ0v) is 24.0. The Labute approximate surface area is 222 Å². The summed E-state index contributed by atoms with van der Waals surface area (Å²) < 4.78 is 5.36. The van der Waals surface area contributed by atoms with E-state index >= 15 is 0 Å². The molecule has 2 atom stereocenters. The van der Waals surface area contributed by atoms with Crippen molar-refractivity contribution in [3.63, 3.8) is 0 Å². The standard InChI is InChI=1S/C30H43N3O4/c1-11-30(9,10)33(27(35)22(5)31-28(36)37-29(6,7)8)25(23-17-15-19(2)16-18-23)26(34)32-24-20(3)13-12-14-21(24)4/h12-18,22,25H,11H2,1-10H3,(H,31,36)(H,32,34). The molecule has 7 nitrogen and oxygen atoms in total. The van der Waals surface area contributed by atoms with Crippen molar-refractivity contribution in [1.82, 2.24) is 10.2 Å². The van der Waals surface area contributed by atoms with Gasteiger partial charge in [0.05, 0.1) is 0 Å². The Bertz CT molecular complexity index is 1100. The van der Waals surface area contributed by atoms with Crippen LogP contribution in [0, 0.1) is 20.8 Å².